The Morgan fingerprint density at radius 3 is 2.49 bits per heavy atom. The van der Waals surface area contributed by atoms with Crippen LogP contribution in [0, 0.1) is 5.82 Å². The van der Waals surface area contributed by atoms with Gasteiger partial charge in [-0.3, -0.25) is 29.2 Å². The summed E-state index contributed by atoms with van der Waals surface area (Å²) in [5.41, 5.74) is 6.17. The van der Waals surface area contributed by atoms with Gasteiger partial charge in [0.25, 0.3) is 5.91 Å². The van der Waals surface area contributed by atoms with Gasteiger partial charge in [0.2, 0.25) is 17.7 Å². The fourth-order valence-corrected chi connectivity index (χ4v) is 5.53. The number of imidazole rings is 1. The molecule has 0 unspecified atom stereocenters. The fourth-order valence-electron chi connectivity index (χ4n) is 5.34. The number of nitrogens with zero attached hydrogens (tertiary/aromatic N) is 6. The molecule has 2 aromatic heterocycles. The van der Waals surface area contributed by atoms with E-state index in [9.17, 15) is 28.4 Å². The number of primary amides is 1. The number of fused-ring (bicyclic) bond motifs is 1. The predicted molar refractivity (Wildman–Crippen MR) is 185 cm³/mol. The Labute approximate surface area is 297 Å². The number of halogens is 2. The molecular weight excluding hydrogens is 685 g/mol. The van der Waals surface area contributed by atoms with Gasteiger partial charge in [0.05, 0.1) is 35.7 Å². The number of hydrogen-bond donors (Lipinski definition) is 3. The number of nitrogens with two attached hydrogens (primary N) is 1. The van der Waals surface area contributed by atoms with Crippen LogP contribution in [0.5, 0.6) is 0 Å². The summed E-state index contributed by atoms with van der Waals surface area (Å²) >= 11 is 5.85. The number of ether oxygens (including phenoxy) is 1. The van der Waals surface area contributed by atoms with Crippen molar-refractivity contribution in [2.75, 3.05) is 18.4 Å². The van der Waals surface area contributed by atoms with Crippen LogP contribution in [-0.4, -0.2) is 83.6 Å². The van der Waals surface area contributed by atoms with Crippen LogP contribution in [0.4, 0.5) is 14.9 Å². The van der Waals surface area contributed by atoms with Gasteiger partial charge in [-0.25, -0.2) is 14.2 Å². The summed E-state index contributed by atoms with van der Waals surface area (Å²) in [7, 11) is 1.77. The van der Waals surface area contributed by atoms with E-state index in [1.807, 2.05) is 0 Å². The molecule has 1 saturated carbocycles. The average molecular weight is 724 g/mol. The van der Waals surface area contributed by atoms with Crippen molar-refractivity contribution in [1.29, 1.82) is 0 Å². The van der Waals surface area contributed by atoms with Crippen LogP contribution in [0.25, 0.3) is 10.9 Å². The van der Waals surface area contributed by atoms with Crippen LogP contribution >= 0.6 is 11.6 Å². The first kappa shape index (κ1) is 36.8. The molecule has 270 valence electrons. The summed E-state index contributed by atoms with van der Waals surface area (Å²) < 4.78 is 22.6. The second kappa shape index (κ2) is 15.2. The zero-order valence-electron chi connectivity index (χ0n) is 28.6. The second-order valence-electron chi connectivity index (χ2n) is 13.3. The van der Waals surface area contributed by atoms with Crippen LogP contribution < -0.4 is 16.4 Å². The molecule has 0 atom stereocenters. The van der Waals surface area contributed by atoms with Crippen LogP contribution in [0.3, 0.4) is 0 Å². The highest BCUT2D eigenvalue weighted by Gasteiger charge is 2.35. The van der Waals surface area contributed by atoms with Gasteiger partial charge in [0, 0.05) is 42.5 Å². The number of anilines is 1. The van der Waals surface area contributed by atoms with Crippen LogP contribution in [0.15, 0.2) is 48.9 Å². The molecule has 0 spiro atoms. The molecule has 2 heterocycles. The largest absolute Gasteiger partial charge is 0.444 e. The summed E-state index contributed by atoms with van der Waals surface area (Å²) in [6.45, 7) is 3.97. The topological polar surface area (TPSA) is 187 Å². The van der Waals surface area contributed by atoms with Crippen molar-refractivity contribution >= 4 is 57.9 Å². The van der Waals surface area contributed by atoms with E-state index in [2.05, 4.69) is 20.7 Å². The van der Waals surface area contributed by atoms with Crippen molar-refractivity contribution in [2.24, 2.45) is 12.8 Å². The molecule has 51 heavy (non-hydrogen) atoms. The highest BCUT2D eigenvalue weighted by molar-refractivity contribution is 6.30. The maximum Gasteiger partial charge on any atom is 0.412 e. The van der Waals surface area contributed by atoms with Crippen LogP contribution in [0.1, 0.15) is 55.4 Å². The normalized spacial score (nSPS) is 12.7. The molecule has 1 fully saturated rings. The van der Waals surface area contributed by atoms with Crippen LogP contribution in [-0.2, 0) is 45.8 Å². The van der Waals surface area contributed by atoms with Crippen molar-refractivity contribution in [1.82, 2.24) is 34.4 Å². The number of amides is 5. The average Bonchev–Trinajstić information content (AvgIpc) is 3.71. The Balaban J connectivity index is 1.33. The molecule has 0 radical (unpaired) electrons. The van der Waals surface area contributed by atoms with Crippen molar-refractivity contribution in [3.05, 3.63) is 76.7 Å². The maximum atomic E-state index is 14.3. The Kier molecular flexibility index (Phi) is 10.9. The summed E-state index contributed by atoms with van der Waals surface area (Å²) in [4.78, 5) is 72.3. The molecule has 0 bridgehead atoms. The zero-order chi connectivity index (χ0) is 37.0. The number of aromatic nitrogens is 4. The quantitative estimate of drug-likeness (QED) is 0.187. The molecule has 2 aromatic carbocycles. The van der Waals surface area contributed by atoms with Gasteiger partial charge < -0.3 is 30.2 Å². The SMILES string of the molecule is Cn1cnc(CN(CC(=O)N(CC(=O)NCc2cccc(Cl)c2F)C2CC2)C(=O)Cn2nc(C(N)=O)c3cc(NC(=O)OC(C)(C)C)ccc32)c1. The van der Waals surface area contributed by atoms with Gasteiger partial charge >= 0.3 is 6.09 Å². The molecule has 17 heteroatoms. The number of benzene rings is 2. The number of rotatable bonds is 13. The van der Waals surface area contributed by atoms with Crippen LogP contribution in [0.2, 0.25) is 5.02 Å². The number of nitrogens with one attached hydrogen (secondary N) is 2. The standard InChI is InChI=1S/C34H39ClFN9O6/c1-34(2,3)51-33(50)40-21-8-11-26-24(12-21)31(32(37)49)41-45(26)18-28(47)43(15-22-14-42(4)19-39-22)17-29(48)44(23-9-10-23)16-27(46)38-13-20-6-5-7-25(35)30(20)36/h5-8,11-12,14,19,23H,9-10,13,15-18H2,1-4H3,(H2,37,49)(H,38,46)(H,40,50). The lowest BCUT2D eigenvalue weighted by molar-refractivity contribution is -0.143. The molecule has 1 aliphatic carbocycles. The Bertz CT molecular complexity index is 1980. The minimum absolute atomic E-state index is 0.0318. The zero-order valence-corrected chi connectivity index (χ0v) is 29.4. The monoisotopic (exact) mass is 723 g/mol. The molecule has 5 amide bonds. The summed E-state index contributed by atoms with van der Waals surface area (Å²) in [5, 5.41) is 9.77. The van der Waals surface area contributed by atoms with Gasteiger partial charge in [0.1, 0.15) is 24.5 Å². The Morgan fingerprint density at radius 1 is 1.10 bits per heavy atom. The molecular formula is C34H39ClFN9O6. The van der Waals surface area contributed by atoms with Gasteiger partial charge in [-0.05, 0) is 57.9 Å². The van der Waals surface area contributed by atoms with E-state index in [1.165, 1.54) is 32.7 Å². The Hall–Kier alpha value is -5.51. The van der Waals surface area contributed by atoms with Gasteiger partial charge in [-0.2, -0.15) is 5.10 Å². The van der Waals surface area contributed by atoms with Crippen molar-refractivity contribution in [3.63, 3.8) is 0 Å². The van der Waals surface area contributed by atoms with E-state index >= 15 is 0 Å². The molecule has 1 aliphatic rings. The van der Waals surface area contributed by atoms with Crippen molar-refractivity contribution in [2.45, 2.75) is 64.9 Å². The number of aryl methyl sites for hydroxylation is 1. The van der Waals surface area contributed by atoms with Gasteiger partial charge in [-0.1, -0.05) is 23.7 Å². The molecule has 15 nitrogen and oxygen atoms in total. The first-order chi connectivity index (χ1) is 24.1. The molecule has 0 aliphatic heterocycles. The Morgan fingerprint density at radius 2 is 1.84 bits per heavy atom. The van der Waals surface area contributed by atoms with E-state index in [4.69, 9.17) is 22.1 Å². The van der Waals surface area contributed by atoms with Gasteiger partial charge in [-0.15, -0.1) is 0 Å². The lowest BCUT2D eigenvalue weighted by Crippen LogP contribution is -2.47. The first-order valence-electron chi connectivity index (χ1n) is 16.1. The number of carbonyl (C=O) groups is 5. The number of carbonyl (C=O) groups excluding carboxylic acids is 5. The third kappa shape index (κ3) is 9.60. The summed E-state index contributed by atoms with van der Waals surface area (Å²) in [6, 6.07) is 8.93. The highest BCUT2D eigenvalue weighted by Crippen LogP contribution is 2.28. The fraction of sp³-hybridized carbons (Fsp3) is 0.382. The minimum atomic E-state index is -0.849. The third-order valence-corrected chi connectivity index (χ3v) is 8.13. The molecule has 4 aromatic rings. The summed E-state index contributed by atoms with van der Waals surface area (Å²) in [6.07, 6.45) is 3.95. The van der Waals surface area contributed by atoms with E-state index in [0.717, 1.165) is 0 Å². The maximum absolute atomic E-state index is 14.3. The molecule has 5 rings (SSSR count). The smallest absolute Gasteiger partial charge is 0.412 e. The minimum Gasteiger partial charge on any atom is -0.444 e. The third-order valence-electron chi connectivity index (χ3n) is 7.83. The van der Waals surface area contributed by atoms with E-state index in [1.54, 1.807) is 63.1 Å². The lowest BCUT2D eigenvalue weighted by atomic mass is 10.2. The lowest BCUT2D eigenvalue weighted by Gasteiger charge is -2.27. The van der Waals surface area contributed by atoms with E-state index < -0.39 is 41.1 Å². The predicted octanol–water partition coefficient (Wildman–Crippen LogP) is 3.34. The van der Waals surface area contributed by atoms with Crippen molar-refractivity contribution in [3.8, 4) is 0 Å². The van der Waals surface area contributed by atoms with Gasteiger partial charge in [0.15, 0.2) is 5.69 Å². The second-order valence-corrected chi connectivity index (χ2v) is 13.7. The summed E-state index contributed by atoms with van der Waals surface area (Å²) in [5.74, 6) is -2.98. The molecule has 4 N–H and O–H groups in total. The highest BCUT2D eigenvalue weighted by atomic mass is 35.5. The van der Waals surface area contributed by atoms with Crippen molar-refractivity contribution < 1.29 is 33.1 Å². The molecule has 0 saturated heterocycles. The van der Waals surface area contributed by atoms with E-state index in [0.29, 0.717) is 35.1 Å². The first-order valence-corrected chi connectivity index (χ1v) is 16.5. The van der Waals surface area contributed by atoms with E-state index in [-0.39, 0.29) is 55.0 Å². The number of hydrogen-bond acceptors (Lipinski definition) is 8.